The minimum absolute atomic E-state index is 0.0391. The van der Waals surface area contributed by atoms with Crippen LogP contribution in [0.2, 0.25) is 0 Å². The van der Waals surface area contributed by atoms with Gasteiger partial charge in [0.05, 0.1) is 6.61 Å². The van der Waals surface area contributed by atoms with E-state index in [9.17, 15) is 0 Å². The van der Waals surface area contributed by atoms with Crippen LogP contribution in [0.1, 0.15) is 25.6 Å². The highest BCUT2D eigenvalue weighted by Crippen LogP contribution is 2.36. The first-order chi connectivity index (χ1) is 7.43. The first-order valence-electron chi connectivity index (χ1n) is 4.65. The first-order valence-corrected chi connectivity index (χ1v) is 5.78. The van der Waals surface area contributed by atoms with Crippen LogP contribution in [0.15, 0.2) is 0 Å². The molecule has 0 aliphatic heterocycles. The van der Waals surface area contributed by atoms with E-state index in [0.717, 1.165) is 12.8 Å². The number of rotatable bonds is 4. The standard InChI is InChI=1S/C8H11Cl3N4O/c1-2-3-4-16-7-14-5(8(9,10)11)13-6(12)15-7/h2-4H2,1H3,(H2,12,13,14,15). The Morgan fingerprint density at radius 1 is 1.25 bits per heavy atom. The lowest BCUT2D eigenvalue weighted by atomic mass is 10.4. The summed E-state index contributed by atoms with van der Waals surface area (Å²) >= 11 is 16.9. The molecule has 1 aromatic heterocycles. The molecule has 0 atom stereocenters. The number of aromatic nitrogens is 3. The van der Waals surface area contributed by atoms with Crippen LogP contribution < -0.4 is 10.5 Å². The summed E-state index contributed by atoms with van der Waals surface area (Å²) in [5, 5.41) is 0. The quantitative estimate of drug-likeness (QED) is 0.679. The number of halogens is 3. The molecule has 16 heavy (non-hydrogen) atoms. The molecule has 2 N–H and O–H groups in total. The molecule has 1 rings (SSSR count). The van der Waals surface area contributed by atoms with Crippen molar-refractivity contribution in [2.24, 2.45) is 0 Å². The number of nitrogen functional groups attached to an aromatic ring is 1. The van der Waals surface area contributed by atoms with Gasteiger partial charge >= 0.3 is 6.01 Å². The minimum Gasteiger partial charge on any atom is -0.463 e. The van der Waals surface area contributed by atoms with Crippen molar-refractivity contribution in [3.8, 4) is 6.01 Å². The normalized spacial score (nSPS) is 11.5. The number of hydrogen-bond donors (Lipinski definition) is 1. The van der Waals surface area contributed by atoms with E-state index >= 15 is 0 Å². The fraction of sp³-hybridized carbons (Fsp3) is 0.625. The van der Waals surface area contributed by atoms with Gasteiger partial charge in [-0.2, -0.15) is 15.0 Å². The summed E-state index contributed by atoms with van der Waals surface area (Å²) in [6.45, 7) is 2.52. The zero-order valence-electron chi connectivity index (χ0n) is 8.58. The van der Waals surface area contributed by atoms with Gasteiger partial charge in [-0.1, -0.05) is 48.1 Å². The summed E-state index contributed by atoms with van der Waals surface area (Å²) in [6, 6.07) is 0.0716. The molecular formula is C8H11Cl3N4O. The maximum Gasteiger partial charge on any atom is 0.321 e. The van der Waals surface area contributed by atoms with Crippen LogP contribution in [0.5, 0.6) is 6.01 Å². The van der Waals surface area contributed by atoms with Gasteiger partial charge in [0.2, 0.25) is 9.74 Å². The van der Waals surface area contributed by atoms with Gasteiger partial charge in [-0.3, -0.25) is 0 Å². The highest BCUT2D eigenvalue weighted by molar-refractivity contribution is 6.66. The van der Waals surface area contributed by atoms with E-state index < -0.39 is 3.79 Å². The highest BCUT2D eigenvalue weighted by atomic mass is 35.6. The van der Waals surface area contributed by atoms with E-state index in [1.54, 1.807) is 0 Å². The van der Waals surface area contributed by atoms with Crippen LogP contribution in [-0.2, 0) is 3.79 Å². The molecule has 0 aromatic carbocycles. The average molecular weight is 286 g/mol. The number of hydrogen-bond acceptors (Lipinski definition) is 5. The summed E-state index contributed by atoms with van der Waals surface area (Å²) in [5.74, 6) is -0.0840. The van der Waals surface area contributed by atoms with Gasteiger partial charge in [-0.25, -0.2) is 0 Å². The lowest BCUT2D eigenvalue weighted by Gasteiger charge is -2.10. The summed E-state index contributed by atoms with van der Waals surface area (Å²) in [6.07, 6.45) is 1.88. The predicted molar refractivity (Wildman–Crippen MR) is 63.9 cm³/mol. The summed E-state index contributed by atoms with van der Waals surface area (Å²) in [7, 11) is 0. The van der Waals surface area contributed by atoms with Gasteiger partial charge in [0.15, 0.2) is 5.82 Å². The van der Waals surface area contributed by atoms with Crippen molar-refractivity contribution in [1.29, 1.82) is 0 Å². The molecule has 0 radical (unpaired) electrons. The van der Waals surface area contributed by atoms with Crippen LogP contribution in [0.3, 0.4) is 0 Å². The number of ether oxygens (including phenoxy) is 1. The maximum absolute atomic E-state index is 5.63. The Balaban J connectivity index is 2.82. The SMILES string of the molecule is CCCCOc1nc(N)nc(C(Cl)(Cl)Cl)n1. The van der Waals surface area contributed by atoms with E-state index in [1.807, 2.05) is 6.92 Å². The minimum atomic E-state index is -1.74. The monoisotopic (exact) mass is 284 g/mol. The van der Waals surface area contributed by atoms with Crippen molar-refractivity contribution in [2.45, 2.75) is 23.6 Å². The van der Waals surface area contributed by atoms with E-state index in [2.05, 4.69) is 15.0 Å². The van der Waals surface area contributed by atoms with Crippen molar-refractivity contribution >= 4 is 40.8 Å². The molecule has 0 bridgehead atoms. The van der Waals surface area contributed by atoms with Gasteiger partial charge in [0.25, 0.3) is 0 Å². The molecule has 1 heterocycles. The van der Waals surface area contributed by atoms with Crippen LogP contribution in [0.25, 0.3) is 0 Å². The summed E-state index contributed by atoms with van der Waals surface area (Å²) in [5.41, 5.74) is 5.44. The molecule has 1 aromatic rings. The molecule has 0 saturated heterocycles. The van der Waals surface area contributed by atoms with Crippen molar-refractivity contribution in [2.75, 3.05) is 12.3 Å². The molecule has 5 nitrogen and oxygen atoms in total. The Morgan fingerprint density at radius 2 is 1.94 bits per heavy atom. The number of anilines is 1. The topological polar surface area (TPSA) is 73.9 Å². The summed E-state index contributed by atoms with van der Waals surface area (Å²) < 4.78 is 3.51. The second-order valence-electron chi connectivity index (χ2n) is 3.00. The third kappa shape index (κ3) is 4.15. The molecule has 0 aliphatic rings. The zero-order chi connectivity index (χ0) is 12.2. The Hall–Kier alpha value is -0.520. The van der Waals surface area contributed by atoms with Crippen LogP contribution in [0, 0.1) is 0 Å². The molecule has 0 amide bonds. The Morgan fingerprint density at radius 3 is 2.50 bits per heavy atom. The fourth-order valence-electron chi connectivity index (χ4n) is 0.871. The second-order valence-corrected chi connectivity index (χ2v) is 5.28. The third-order valence-corrected chi connectivity index (χ3v) is 2.12. The molecule has 0 fully saturated rings. The highest BCUT2D eigenvalue weighted by Gasteiger charge is 2.28. The molecule has 8 heteroatoms. The van der Waals surface area contributed by atoms with Gasteiger partial charge < -0.3 is 10.5 Å². The van der Waals surface area contributed by atoms with Gasteiger partial charge in [-0.15, -0.1) is 0 Å². The van der Waals surface area contributed by atoms with E-state index in [-0.39, 0.29) is 17.8 Å². The fourth-order valence-corrected chi connectivity index (χ4v) is 1.12. The van der Waals surface area contributed by atoms with Crippen molar-refractivity contribution in [3.63, 3.8) is 0 Å². The van der Waals surface area contributed by atoms with Crippen molar-refractivity contribution < 1.29 is 4.74 Å². The van der Waals surface area contributed by atoms with Gasteiger partial charge in [-0.05, 0) is 6.42 Å². The zero-order valence-corrected chi connectivity index (χ0v) is 10.9. The largest absolute Gasteiger partial charge is 0.463 e. The average Bonchev–Trinajstić information content (AvgIpc) is 2.16. The molecule has 0 spiro atoms. The smallest absolute Gasteiger partial charge is 0.321 e. The molecular weight excluding hydrogens is 274 g/mol. The van der Waals surface area contributed by atoms with Gasteiger partial charge in [0, 0.05) is 0 Å². The molecule has 0 aliphatic carbocycles. The van der Waals surface area contributed by atoms with Crippen molar-refractivity contribution in [3.05, 3.63) is 5.82 Å². The van der Waals surface area contributed by atoms with Crippen LogP contribution >= 0.6 is 34.8 Å². The lowest BCUT2D eigenvalue weighted by molar-refractivity contribution is 0.283. The number of nitrogens with zero attached hydrogens (tertiary/aromatic N) is 3. The molecule has 90 valence electrons. The third-order valence-electron chi connectivity index (χ3n) is 1.61. The Kier molecular flexibility index (Phi) is 4.83. The molecule has 0 unspecified atom stereocenters. The Bertz CT molecular complexity index is 356. The number of nitrogens with two attached hydrogens (primary N) is 1. The van der Waals surface area contributed by atoms with E-state index in [4.69, 9.17) is 45.3 Å². The maximum atomic E-state index is 5.63. The number of unbranched alkanes of at least 4 members (excludes halogenated alkanes) is 1. The summed E-state index contributed by atoms with van der Waals surface area (Å²) in [4.78, 5) is 11.3. The Labute approximate surface area is 108 Å². The van der Waals surface area contributed by atoms with Crippen molar-refractivity contribution in [1.82, 2.24) is 15.0 Å². The number of alkyl halides is 3. The van der Waals surface area contributed by atoms with Gasteiger partial charge in [0.1, 0.15) is 0 Å². The second kappa shape index (κ2) is 5.70. The van der Waals surface area contributed by atoms with E-state index in [1.165, 1.54) is 0 Å². The predicted octanol–water partition coefficient (Wildman–Crippen LogP) is 2.46. The molecule has 0 saturated carbocycles. The first kappa shape index (κ1) is 13.5. The van der Waals surface area contributed by atoms with Crippen LogP contribution in [0.4, 0.5) is 5.95 Å². The lowest BCUT2D eigenvalue weighted by Crippen LogP contribution is -2.13. The van der Waals surface area contributed by atoms with Crippen LogP contribution in [-0.4, -0.2) is 21.6 Å². The van der Waals surface area contributed by atoms with E-state index in [0.29, 0.717) is 6.61 Å².